The third kappa shape index (κ3) is 4.42. The Morgan fingerprint density at radius 2 is 1.84 bits per heavy atom. The number of fused-ring (bicyclic) bond motifs is 1. The number of nitrogens with zero attached hydrogens (tertiary/aromatic N) is 2. The number of hydrogen-bond donors (Lipinski definition) is 1. The average Bonchev–Trinajstić information content (AvgIpc) is 3.19. The Morgan fingerprint density at radius 3 is 2.66 bits per heavy atom. The SMILES string of the molecule is COc1cccc(NC(=O)CN(C)C(=O)[C@@H]2CC(=O)N(c3cccc4ccccc34)C2)c1. The molecule has 1 aliphatic rings. The number of carbonyl (C=O) groups excluding carboxylic acids is 3. The minimum Gasteiger partial charge on any atom is -0.497 e. The lowest BCUT2D eigenvalue weighted by molar-refractivity contribution is -0.137. The van der Waals surface area contributed by atoms with Gasteiger partial charge >= 0.3 is 0 Å². The van der Waals surface area contributed by atoms with Crippen LogP contribution in [0.2, 0.25) is 0 Å². The second kappa shape index (κ2) is 9.09. The van der Waals surface area contributed by atoms with Crippen molar-refractivity contribution in [3.63, 3.8) is 0 Å². The number of benzene rings is 3. The van der Waals surface area contributed by atoms with Crippen molar-refractivity contribution in [1.82, 2.24) is 4.90 Å². The maximum absolute atomic E-state index is 13.0. The second-order valence-corrected chi connectivity index (χ2v) is 7.88. The molecule has 0 unspecified atom stereocenters. The van der Waals surface area contributed by atoms with Crippen LogP contribution in [0.25, 0.3) is 10.8 Å². The summed E-state index contributed by atoms with van der Waals surface area (Å²) in [6.45, 7) is 0.197. The zero-order chi connectivity index (χ0) is 22.7. The van der Waals surface area contributed by atoms with Gasteiger partial charge in [0.25, 0.3) is 0 Å². The fourth-order valence-electron chi connectivity index (χ4n) is 4.06. The minimum atomic E-state index is -0.490. The smallest absolute Gasteiger partial charge is 0.243 e. The first-order valence-corrected chi connectivity index (χ1v) is 10.4. The predicted molar refractivity (Wildman–Crippen MR) is 124 cm³/mol. The van der Waals surface area contributed by atoms with E-state index in [0.717, 1.165) is 16.5 Å². The van der Waals surface area contributed by atoms with Gasteiger partial charge in [0.2, 0.25) is 17.7 Å². The first-order chi connectivity index (χ1) is 15.5. The zero-order valence-corrected chi connectivity index (χ0v) is 18.1. The number of nitrogens with one attached hydrogen (secondary N) is 1. The van der Waals surface area contributed by atoms with Gasteiger partial charge in [-0.2, -0.15) is 0 Å². The molecule has 0 saturated carbocycles. The van der Waals surface area contributed by atoms with Crippen molar-refractivity contribution < 1.29 is 19.1 Å². The number of ether oxygens (including phenoxy) is 1. The summed E-state index contributed by atoms with van der Waals surface area (Å²) in [4.78, 5) is 41.2. The van der Waals surface area contributed by atoms with Crippen molar-refractivity contribution in [3.05, 3.63) is 66.7 Å². The van der Waals surface area contributed by atoms with Crippen LogP contribution in [0.4, 0.5) is 11.4 Å². The van der Waals surface area contributed by atoms with E-state index in [-0.39, 0.29) is 30.7 Å². The van der Waals surface area contributed by atoms with E-state index in [1.54, 1.807) is 43.3 Å². The molecule has 4 rings (SSSR count). The van der Waals surface area contributed by atoms with Crippen LogP contribution in [0, 0.1) is 5.92 Å². The number of methoxy groups -OCH3 is 1. The van der Waals surface area contributed by atoms with Gasteiger partial charge in [-0.1, -0.05) is 42.5 Å². The van der Waals surface area contributed by atoms with Crippen LogP contribution in [-0.4, -0.2) is 49.9 Å². The fourth-order valence-corrected chi connectivity index (χ4v) is 4.06. The molecule has 0 radical (unpaired) electrons. The molecular formula is C25H25N3O4. The van der Waals surface area contributed by atoms with Crippen LogP contribution in [0.15, 0.2) is 66.7 Å². The minimum absolute atomic E-state index is 0.0889. The lowest BCUT2D eigenvalue weighted by Gasteiger charge is -2.22. The van der Waals surface area contributed by atoms with Crippen molar-refractivity contribution >= 4 is 39.9 Å². The van der Waals surface area contributed by atoms with Gasteiger partial charge in [0.1, 0.15) is 5.75 Å². The van der Waals surface area contributed by atoms with E-state index in [1.807, 2.05) is 42.5 Å². The molecule has 0 spiro atoms. The Hall–Kier alpha value is -3.87. The van der Waals surface area contributed by atoms with E-state index in [2.05, 4.69) is 5.32 Å². The van der Waals surface area contributed by atoms with Gasteiger partial charge in [-0.3, -0.25) is 14.4 Å². The van der Waals surface area contributed by atoms with Gasteiger partial charge in [-0.15, -0.1) is 0 Å². The Labute approximate surface area is 186 Å². The summed E-state index contributed by atoms with van der Waals surface area (Å²) in [7, 11) is 3.14. The van der Waals surface area contributed by atoms with Crippen molar-refractivity contribution in [3.8, 4) is 5.75 Å². The van der Waals surface area contributed by atoms with E-state index in [9.17, 15) is 14.4 Å². The molecule has 1 heterocycles. The van der Waals surface area contributed by atoms with E-state index in [4.69, 9.17) is 4.74 Å². The Bertz CT molecular complexity index is 1170. The second-order valence-electron chi connectivity index (χ2n) is 7.88. The van der Waals surface area contributed by atoms with Gasteiger partial charge in [0, 0.05) is 37.2 Å². The molecule has 7 heteroatoms. The largest absolute Gasteiger partial charge is 0.497 e. The van der Waals surface area contributed by atoms with Crippen LogP contribution >= 0.6 is 0 Å². The lowest BCUT2D eigenvalue weighted by atomic mass is 10.1. The molecule has 7 nitrogen and oxygen atoms in total. The quantitative estimate of drug-likeness (QED) is 0.650. The van der Waals surface area contributed by atoms with Crippen LogP contribution in [0.1, 0.15) is 6.42 Å². The summed E-state index contributed by atoms with van der Waals surface area (Å²) in [5.74, 6) is -0.485. The first-order valence-electron chi connectivity index (χ1n) is 10.4. The van der Waals surface area contributed by atoms with Gasteiger partial charge in [-0.05, 0) is 23.6 Å². The summed E-state index contributed by atoms with van der Waals surface area (Å²) < 4.78 is 5.15. The number of carbonyl (C=O) groups is 3. The van der Waals surface area contributed by atoms with Gasteiger partial charge in [0.15, 0.2) is 0 Å². The molecule has 1 N–H and O–H groups in total. The van der Waals surface area contributed by atoms with E-state index in [0.29, 0.717) is 18.0 Å². The molecule has 0 aromatic heterocycles. The van der Waals surface area contributed by atoms with Crippen LogP contribution < -0.4 is 15.0 Å². The molecule has 3 aromatic rings. The molecule has 3 amide bonds. The highest BCUT2D eigenvalue weighted by Crippen LogP contribution is 2.32. The molecule has 32 heavy (non-hydrogen) atoms. The third-order valence-electron chi connectivity index (χ3n) is 5.64. The summed E-state index contributed by atoms with van der Waals surface area (Å²) in [6.07, 6.45) is 0.129. The van der Waals surface area contributed by atoms with E-state index >= 15 is 0 Å². The molecule has 0 aliphatic carbocycles. The highest BCUT2D eigenvalue weighted by Gasteiger charge is 2.37. The Morgan fingerprint density at radius 1 is 1.09 bits per heavy atom. The Kier molecular flexibility index (Phi) is 6.07. The van der Waals surface area contributed by atoms with Crippen molar-refractivity contribution in [2.24, 2.45) is 5.92 Å². The molecular weight excluding hydrogens is 406 g/mol. The highest BCUT2D eigenvalue weighted by atomic mass is 16.5. The monoisotopic (exact) mass is 431 g/mol. The highest BCUT2D eigenvalue weighted by molar-refractivity contribution is 6.07. The van der Waals surface area contributed by atoms with E-state index < -0.39 is 5.92 Å². The van der Waals surface area contributed by atoms with Crippen LogP contribution in [0.3, 0.4) is 0 Å². The number of amides is 3. The third-order valence-corrected chi connectivity index (χ3v) is 5.64. The first kappa shape index (κ1) is 21.4. The summed E-state index contributed by atoms with van der Waals surface area (Å²) >= 11 is 0. The molecule has 3 aromatic carbocycles. The molecule has 0 bridgehead atoms. The molecule has 1 fully saturated rings. The standard InChI is InChI=1S/C25H25N3O4/c1-27(16-23(29)26-19-9-6-10-20(14-19)32-2)25(31)18-13-24(30)28(15-18)22-12-5-8-17-7-3-4-11-21(17)22/h3-12,14,18H,13,15-16H2,1-2H3,(H,26,29)/t18-/m1/s1. The molecule has 1 aliphatic heterocycles. The summed E-state index contributed by atoms with van der Waals surface area (Å²) in [5.41, 5.74) is 1.40. The van der Waals surface area contributed by atoms with Crippen LogP contribution in [0.5, 0.6) is 5.75 Å². The van der Waals surface area contributed by atoms with Crippen molar-refractivity contribution in [1.29, 1.82) is 0 Å². The Balaban J connectivity index is 1.41. The maximum atomic E-state index is 13.0. The fraction of sp³-hybridized carbons (Fsp3) is 0.240. The normalized spacial score (nSPS) is 15.6. The van der Waals surface area contributed by atoms with Crippen LogP contribution in [-0.2, 0) is 14.4 Å². The van der Waals surface area contributed by atoms with Gasteiger partial charge < -0.3 is 19.9 Å². The average molecular weight is 431 g/mol. The van der Waals surface area contributed by atoms with E-state index in [1.165, 1.54) is 4.90 Å². The molecule has 1 atom stereocenters. The molecule has 164 valence electrons. The zero-order valence-electron chi connectivity index (χ0n) is 18.1. The number of anilines is 2. The number of rotatable bonds is 6. The number of likely N-dealkylation sites (N-methyl/N-ethyl adjacent to an activating group) is 1. The predicted octanol–water partition coefficient (Wildman–Crippen LogP) is 3.30. The summed E-state index contributed by atoms with van der Waals surface area (Å²) in [5, 5.41) is 4.78. The molecule has 1 saturated heterocycles. The lowest BCUT2D eigenvalue weighted by Crippen LogP contribution is -2.39. The van der Waals surface area contributed by atoms with Crippen molar-refractivity contribution in [2.75, 3.05) is 37.5 Å². The van der Waals surface area contributed by atoms with Gasteiger partial charge in [0.05, 0.1) is 25.3 Å². The maximum Gasteiger partial charge on any atom is 0.243 e. The van der Waals surface area contributed by atoms with Gasteiger partial charge in [-0.25, -0.2) is 0 Å². The number of hydrogen-bond acceptors (Lipinski definition) is 4. The topological polar surface area (TPSA) is 79.0 Å². The summed E-state index contributed by atoms with van der Waals surface area (Å²) in [6, 6.07) is 20.7. The van der Waals surface area contributed by atoms with Crippen molar-refractivity contribution in [2.45, 2.75) is 6.42 Å².